The summed E-state index contributed by atoms with van der Waals surface area (Å²) in [6.07, 6.45) is 1.85. The van der Waals surface area contributed by atoms with Crippen molar-refractivity contribution in [3.8, 4) is 0 Å². The summed E-state index contributed by atoms with van der Waals surface area (Å²) in [5.74, 6) is -1.54. The number of rotatable bonds is 4. The van der Waals surface area contributed by atoms with Crippen molar-refractivity contribution in [1.82, 2.24) is 4.98 Å². The van der Waals surface area contributed by atoms with E-state index in [9.17, 15) is 9.59 Å². The van der Waals surface area contributed by atoms with Gasteiger partial charge in [-0.15, -0.1) is 11.3 Å². The lowest BCUT2D eigenvalue weighted by atomic mass is 9.99. The number of aliphatic carboxylic acids is 1. The van der Waals surface area contributed by atoms with Gasteiger partial charge >= 0.3 is 5.97 Å². The largest absolute Gasteiger partial charge is 0.481 e. The Labute approximate surface area is 102 Å². The number of anilines is 1. The molecule has 17 heavy (non-hydrogen) atoms. The molecule has 0 saturated heterocycles. The van der Waals surface area contributed by atoms with Gasteiger partial charge in [0.05, 0.1) is 5.92 Å². The minimum absolute atomic E-state index is 0.0328. The summed E-state index contributed by atoms with van der Waals surface area (Å²) in [6.45, 7) is 1.73. The van der Waals surface area contributed by atoms with Crippen LogP contribution in [-0.4, -0.2) is 27.7 Å². The molecule has 7 heteroatoms. The zero-order chi connectivity index (χ0) is 12.4. The van der Waals surface area contributed by atoms with E-state index >= 15 is 0 Å². The van der Waals surface area contributed by atoms with Crippen LogP contribution in [0.4, 0.5) is 5.13 Å². The lowest BCUT2D eigenvalue weighted by Gasteiger charge is -2.10. The molecule has 1 aromatic heterocycles. The van der Waals surface area contributed by atoms with Crippen LogP contribution in [0.3, 0.4) is 0 Å². The molecule has 6 nitrogen and oxygen atoms in total. The second-order valence-corrected chi connectivity index (χ2v) is 4.56. The molecule has 2 heterocycles. The maximum atomic E-state index is 12.0. The average Bonchev–Trinajstić information content (AvgIpc) is 2.85. The Morgan fingerprint density at radius 1 is 1.65 bits per heavy atom. The fraction of sp³-hybridized carbons (Fsp3) is 0.400. The number of aromatic nitrogens is 1. The second-order valence-electron chi connectivity index (χ2n) is 3.69. The molecule has 1 aromatic rings. The molecule has 1 aliphatic rings. The molecule has 0 aliphatic carbocycles. The number of carboxylic acid groups (broad SMARTS) is 1. The molecule has 0 aromatic carbocycles. The van der Waals surface area contributed by atoms with Gasteiger partial charge in [-0.05, 0) is 13.3 Å². The van der Waals surface area contributed by atoms with Crippen molar-refractivity contribution in [3.05, 3.63) is 11.6 Å². The monoisotopic (exact) mass is 253 g/mol. The van der Waals surface area contributed by atoms with Gasteiger partial charge < -0.3 is 5.11 Å². The van der Waals surface area contributed by atoms with E-state index in [1.165, 1.54) is 16.3 Å². The molecule has 1 amide bonds. The first-order valence-electron chi connectivity index (χ1n) is 5.10. The number of hydrogen-bond donors (Lipinski definition) is 1. The van der Waals surface area contributed by atoms with Gasteiger partial charge in [0, 0.05) is 23.7 Å². The van der Waals surface area contributed by atoms with Crippen LogP contribution in [0.1, 0.15) is 19.8 Å². The minimum atomic E-state index is -0.904. The molecule has 1 N–H and O–H groups in total. The van der Waals surface area contributed by atoms with Crippen molar-refractivity contribution in [1.29, 1.82) is 0 Å². The molecule has 0 fully saturated rings. The minimum Gasteiger partial charge on any atom is -0.481 e. The van der Waals surface area contributed by atoms with E-state index in [4.69, 9.17) is 5.11 Å². The van der Waals surface area contributed by atoms with E-state index in [2.05, 4.69) is 10.1 Å². The smallest absolute Gasteiger partial charge is 0.303 e. The summed E-state index contributed by atoms with van der Waals surface area (Å²) >= 11 is 1.32. The highest BCUT2D eigenvalue weighted by atomic mass is 32.1. The molecular formula is C10H11N3O3S. The van der Waals surface area contributed by atoms with Crippen LogP contribution in [0.15, 0.2) is 16.7 Å². The molecule has 1 atom stereocenters. The summed E-state index contributed by atoms with van der Waals surface area (Å²) in [5.41, 5.74) is 0.645. The highest BCUT2D eigenvalue weighted by Crippen LogP contribution is 2.27. The third-order valence-electron chi connectivity index (χ3n) is 2.52. The van der Waals surface area contributed by atoms with Gasteiger partial charge in [-0.2, -0.15) is 10.1 Å². The Balaban J connectivity index is 2.11. The van der Waals surface area contributed by atoms with Gasteiger partial charge in [-0.1, -0.05) is 0 Å². The van der Waals surface area contributed by atoms with Crippen LogP contribution in [0.2, 0.25) is 0 Å². The van der Waals surface area contributed by atoms with Crippen LogP contribution < -0.4 is 5.01 Å². The van der Waals surface area contributed by atoms with Crippen LogP contribution in [0.25, 0.3) is 0 Å². The Hall–Kier alpha value is -1.76. The maximum absolute atomic E-state index is 12.0. The number of thiazole rings is 1. The highest BCUT2D eigenvalue weighted by molar-refractivity contribution is 7.13. The molecule has 0 radical (unpaired) electrons. The van der Waals surface area contributed by atoms with Crippen molar-refractivity contribution in [3.63, 3.8) is 0 Å². The quantitative estimate of drug-likeness (QED) is 0.877. The van der Waals surface area contributed by atoms with Gasteiger partial charge in [-0.25, -0.2) is 4.98 Å². The molecular weight excluding hydrogens is 242 g/mol. The number of carbonyl (C=O) groups is 2. The van der Waals surface area contributed by atoms with Gasteiger partial charge in [0.2, 0.25) is 5.13 Å². The highest BCUT2D eigenvalue weighted by Gasteiger charge is 2.35. The van der Waals surface area contributed by atoms with Crippen LogP contribution >= 0.6 is 11.3 Å². The number of hydrogen-bond acceptors (Lipinski definition) is 5. The first-order valence-corrected chi connectivity index (χ1v) is 5.98. The van der Waals surface area contributed by atoms with Crippen molar-refractivity contribution >= 4 is 34.1 Å². The molecule has 0 spiro atoms. The summed E-state index contributed by atoms with van der Waals surface area (Å²) < 4.78 is 0. The van der Waals surface area contributed by atoms with Crippen LogP contribution in [0, 0.1) is 5.92 Å². The van der Waals surface area contributed by atoms with E-state index in [-0.39, 0.29) is 18.7 Å². The molecule has 90 valence electrons. The van der Waals surface area contributed by atoms with Crippen molar-refractivity contribution in [2.45, 2.75) is 19.8 Å². The molecule has 2 rings (SSSR count). The summed E-state index contributed by atoms with van der Waals surface area (Å²) in [5, 5.41) is 16.3. The van der Waals surface area contributed by atoms with Crippen molar-refractivity contribution < 1.29 is 14.7 Å². The Morgan fingerprint density at radius 3 is 3.00 bits per heavy atom. The van der Waals surface area contributed by atoms with Gasteiger partial charge in [0.15, 0.2) is 0 Å². The number of amides is 1. The summed E-state index contributed by atoms with van der Waals surface area (Å²) in [6, 6.07) is 0. The Kier molecular flexibility index (Phi) is 3.19. The van der Waals surface area contributed by atoms with E-state index in [1.54, 1.807) is 18.5 Å². The number of hydrazone groups is 1. The molecule has 0 saturated carbocycles. The Morgan fingerprint density at radius 2 is 2.41 bits per heavy atom. The van der Waals surface area contributed by atoms with Crippen molar-refractivity contribution in [2.24, 2.45) is 11.0 Å². The fourth-order valence-electron chi connectivity index (χ4n) is 1.66. The number of nitrogens with zero attached hydrogens (tertiary/aromatic N) is 3. The van der Waals surface area contributed by atoms with E-state index in [1.807, 2.05) is 0 Å². The predicted octanol–water partition coefficient (Wildman–Crippen LogP) is 1.35. The average molecular weight is 253 g/mol. The topological polar surface area (TPSA) is 82.9 Å². The van der Waals surface area contributed by atoms with Crippen LogP contribution in [-0.2, 0) is 9.59 Å². The lowest BCUT2D eigenvalue weighted by molar-refractivity contribution is -0.137. The zero-order valence-corrected chi connectivity index (χ0v) is 9.98. The van der Waals surface area contributed by atoms with Crippen LogP contribution in [0.5, 0.6) is 0 Å². The molecule has 1 unspecified atom stereocenters. The van der Waals surface area contributed by atoms with Gasteiger partial charge in [-0.3, -0.25) is 9.59 Å². The second kappa shape index (κ2) is 4.62. The predicted molar refractivity (Wildman–Crippen MR) is 63.1 cm³/mol. The van der Waals surface area contributed by atoms with Gasteiger partial charge in [0.25, 0.3) is 5.91 Å². The lowest BCUT2D eigenvalue weighted by Crippen LogP contribution is -2.27. The maximum Gasteiger partial charge on any atom is 0.303 e. The van der Waals surface area contributed by atoms with E-state index < -0.39 is 11.9 Å². The normalized spacial score (nSPS) is 19.6. The third kappa shape index (κ3) is 2.33. The summed E-state index contributed by atoms with van der Waals surface area (Å²) in [7, 11) is 0. The number of carbonyl (C=O) groups excluding carboxylic acids is 1. The first-order chi connectivity index (χ1) is 8.09. The van der Waals surface area contributed by atoms with Crippen molar-refractivity contribution in [2.75, 3.05) is 5.01 Å². The first kappa shape index (κ1) is 11.7. The molecule has 0 bridgehead atoms. The molecule has 1 aliphatic heterocycles. The third-order valence-corrected chi connectivity index (χ3v) is 3.26. The zero-order valence-electron chi connectivity index (χ0n) is 9.16. The Bertz CT molecular complexity index is 469. The summed E-state index contributed by atoms with van der Waals surface area (Å²) in [4.78, 5) is 26.5. The standard InChI is InChI=1S/C10H11N3O3S/c1-6-7(2-3-8(14)15)9(16)13(12-6)10-11-4-5-17-10/h4-5,7H,2-3H2,1H3,(H,14,15). The van der Waals surface area contributed by atoms with Gasteiger partial charge in [0.1, 0.15) is 0 Å². The SMILES string of the molecule is CC1=NN(c2nccs2)C(=O)C1CCC(=O)O. The van der Waals surface area contributed by atoms with E-state index in [0.717, 1.165) is 0 Å². The fourth-order valence-corrected chi connectivity index (χ4v) is 2.26. The van der Waals surface area contributed by atoms with E-state index in [0.29, 0.717) is 10.8 Å². The number of carboxylic acids is 1.